The van der Waals surface area contributed by atoms with E-state index in [9.17, 15) is 14.4 Å². The van der Waals surface area contributed by atoms with Gasteiger partial charge in [0.25, 0.3) is 11.8 Å². The number of carbonyl (C=O) groups is 3. The molecule has 142 valence electrons. The molecule has 2 N–H and O–H groups in total. The molecule has 0 unspecified atom stereocenters. The smallest absolute Gasteiger partial charge is 0.341 e. The molecule has 0 bridgehead atoms. The first-order chi connectivity index (χ1) is 12.7. The molecular weight excluding hydrogens is 370 g/mol. The van der Waals surface area contributed by atoms with Crippen molar-refractivity contribution in [1.29, 1.82) is 0 Å². The first-order valence-corrected chi connectivity index (χ1v) is 8.59. The number of rotatable bonds is 5. The van der Waals surface area contributed by atoms with E-state index in [2.05, 4.69) is 15.6 Å². The highest BCUT2D eigenvalue weighted by Gasteiger charge is 2.22. The summed E-state index contributed by atoms with van der Waals surface area (Å²) in [5.74, 6) is -1.74. The summed E-state index contributed by atoms with van der Waals surface area (Å²) in [5.41, 5.74) is 0.884. The lowest BCUT2D eigenvalue weighted by Gasteiger charge is -2.14. The zero-order valence-electron chi connectivity index (χ0n) is 15.4. The third kappa shape index (κ3) is 4.83. The molecule has 27 heavy (non-hydrogen) atoms. The molecule has 2 amide bonds. The van der Waals surface area contributed by atoms with Crippen LogP contribution >= 0.6 is 11.6 Å². The molecule has 2 rings (SSSR count). The number of aromatic nitrogens is 1. The number of hydrogen-bond acceptors (Lipinski definition) is 5. The number of methoxy groups -OCH3 is 1. The summed E-state index contributed by atoms with van der Waals surface area (Å²) in [7, 11) is 1.22. The molecule has 0 aliphatic heterocycles. The number of aryl methyl sites for hydroxylation is 1. The van der Waals surface area contributed by atoms with Crippen molar-refractivity contribution in [3.63, 3.8) is 0 Å². The van der Waals surface area contributed by atoms with Crippen molar-refractivity contribution >= 4 is 35.1 Å². The van der Waals surface area contributed by atoms with Crippen molar-refractivity contribution in [3.8, 4) is 0 Å². The summed E-state index contributed by atoms with van der Waals surface area (Å²) in [4.78, 5) is 41.4. The molecular formula is C19H20ClN3O4. The van der Waals surface area contributed by atoms with Crippen molar-refractivity contribution in [3.05, 3.63) is 57.9 Å². The number of esters is 1. The summed E-state index contributed by atoms with van der Waals surface area (Å²) >= 11 is 6.06. The van der Waals surface area contributed by atoms with Gasteiger partial charge in [-0.05, 0) is 45.0 Å². The van der Waals surface area contributed by atoms with Crippen LogP contribution in [0.1, 0.15) is 50.7 Å². The van der Waals surface area contributed by atoms with E-state index < -0.39 is 17.8 Å². The second-order valence-electron chi connectivity index (χ2n) is 6.09. The molecule has 0 aliphatic carbocycles. The highest BCUT2D eigenvalue weighted by Crippen LogP contribution is 2.26. The highest BCUT2D eigenvalue weighted by molar-refractivity contribution is 6.34. The Labute approximate surface area is 162 Å². The van der Waals surface area contributed by atoms with Crippen LogP contribution in [0.5, 0.6) is 0 Å². The summed E-state index contributed by atoms with van der Waals surface area (Å²) in [5, 5.41) is 5.46. The number of anilines is 1. The molecule has 1 heterocycles. The van der Waals surface area contributed by atoms with Crippen molar-refractivity contribution in [1.82, 2.24) is 10.3 Å². The van der Waals surface area contributed by atoms with Gasteiger partial charge >= 0.3 is 5.97 Å². The number of amides is 2. The number of hydrogen-bond donors (Lipinski definition) is 2. The van der Waals surface area contributed by atoms with Crippen molar-refractivity contribution < 1.29 is 19.1 Å². The second kappa shape index (κ2) is 8.64. The van der Waals surface area contributed by atoms with Gasteiger partial charge in [0.2, 0.25) is 0 Å². The maximum Gasteiger partial charge on any atom is 0.341 e. The van der Waals surface area contributed by atoms with Crippen LogP contribution in [-0.2, 0) is 4.74 Å². The van der Waals surface area contributed by atoms with Gasteiger partial charge in [0.05, 0.1) is 23.4 Å². The quantitative estimate of drug-likeness (QED) is 0.765. The Bertz CT molecular complexity index is 897. The summed E-state index contributed by atoms with van der Waals surface area (Å²) < 4.78 is 4.72. The van der Waals surface area contributed by atoms with Gasteiger partial charge in [-0.2, -0.15) is 0 Å². The van der Waals surface area contributed by atoms with E-state index in [0.717, 1.165) is 0 Å². The minimum absolute atomic E-state index is 0.00264. The summed E-state index contributed by atoms with van der Waals surface area (Å²) in [6, 6.07) is 7.64. The zero-order valence-corrected chi connectivity index (χ0v) is 16.2. The first kappa shape index (κ1) is 20.4. The first-order valence-electron chi connectivity index (χ1n) is 8.21. The normalized spacial score (nSPS) is 10.4. The Morgan fingerprint density at radius 2 is 1.81 bits per heavy atom. The molecule has 8 heteroatoms. The van der Waals surface area contributed by atoms with E-state index in [0.29, 0.717) is 5.69 Å². The minimum Gasteiger partial charge on any atom is -0.465 e. The lowest BCUT2D eigenvalue weighted by atomic mass is 10.1. The summed E-state index contributed by atoms with van der Waals surface area (Å²) in [6.45, 7) is 5.34. The highest BCUT2D eigenvalue weighted by atomic mass is 35.5. The van der Waals surface area contributed by atoms with Gasteiger partial charge in [-0.25, -0.2) is 9.78 Å². The lowest BCUT2D eigenvalue weighted by molar-refractivity contribution is 0.0602. The number of ether oxygens (including phenoxy) is 1. The third-order valence-electron chi connectivity index (χ3n) is 3.57. The topological polar surface area (TPSA) is 97.4 Å². The van der Waals surface area contributed by atoms with Crippen LogP contribution in [0.2, 0.25) is 5.02 Å². The van der Waals surface area contributed by atoms with Crippen LogP contribution in [-0.4, -0.2) is 35.9 Å². The Kier molecular flexibility index (Phi) is 6.52. The van der Waals surface area contributed by atoms with E-state index in [-0.39, 0.29) is 33.6 Å². The zero-order chi connectivity index (χ0) is 20.1. The number of pyridine rings is 1. The van der Waals surface area contributed by atoms with Crippen LogP contribution in [0.15, 0.2) is 30.3 Å². The number of nitrogens with zero attached hydrogens (tertiary/aromatic N) is 1. The molecule has 0 saturated heterocycles. The molecule has 1 aromatic heterocycles. The average Bonchev–Trinajstić information content (AvgIpc) is 2.60. The predicted molar refractivity (Wildman–Crippen MR) is 102 cm³/mol. The van der Waals surface area contributed by atoms with Gasteiger partial charge in [0, 0.05) is 11.7 Å². The van der Waals surface area contributed by atoms with E-state index in [1.54, 1.807) is 19.1 Å². The monoisotopic (exact) mass is 389 g/mol. The fourth-order valence-electron chi connectivity index (χ4n) is 2.37. The third-order valence-corrected chi connectivity index (χ3v) is 3.88. The predicted octanol–water partition coefficient (Wildman–Crippen LogP) is 3.22. The van der Waals surface area contributed by atoms with Gasteiger partial charge < -0.3 is 15.4 Å². The molecule has 0 fully saturated rings. The Balaban J connectivity index is 2.42. The maximum atomic E-state index is 12.8. The Hall–Kier alpha value is -2.93. The molecule has 0 aliphatic rings. The van der Waals surface area contributed by atoms with Crippen LogP contribution in [0, 0.1) is 6.92 Å². The number of halogens is 1. The van der Waals surface area contributed by atoms with Crippen molar-refractivity contribution in [2.24, 2.45) is 0 Å². The molecule has 7 nitrogen and oxygen atoms in total. The van der Waals surface area contributed by atoms with E-state index in [4.69, 9.17) is 16.3 Å². The van der Waals surface area contributed by atoms with Crippen LogP contribution < -0.4 is 10.6 Å². The van der Waals surface area contributed by atoms with Crippen LogP contribution in [0.3, 0.4) is 0 Å². The van der Waals surface area contributed by atoms with Gasteiger partial charge in [0.15, 0.2) is 0 Å². The average molecular weight is 390 g/mol. The SMILES string of the molecule is COC(=O)c1c(Cl)cccc1NC(=O)c1ccc(C)nc1C(=O)NC(C)C. The molecule has 0 saturated carbocycles. The fraction of sp³-hybridized carbons (Fsp3) is 0.263. The lowest BCUT2D eigenvalue weighted by Crippen LogP contribution is -2.33. The minimum atomic E-state index is -0.685. The molecule has 0 radical (unpaired) electrons. The van der Waals surface area contributed by atoms with Gasteiger partial charge in [-0.1, -0.05) is 17.7 Å². The molecule has 0 spiro atoms. The fourth-order valence-corrected chi connectivity index (χ4v) is 2.62. The van der Waals surface area contributed by atoms with Crippen molar-refractivity contribution in [2.75, 3.05) is 12.4 Å². The molecule has 1 aromatic carbocycles. The summed E-state index contributed by atoms with van der Waals surface area (Å²) in [6.07, 6.45) is 0. The van der Waals surface area contributed by atoms with E-state index in [1.807, 2.05) is 13.8 Å². The Morgan fingerprint density at radius 1 is 1.11 bits per heavy atom. The van der Waals surface area contributed by atoms with E-state index in [1.165, 1.54) is 25.3 Å². The number of carbonyl (C=O) groups excluding carboxylic acids is 3. The van der Waals surface area contributed by atoms with Crippen LogP contribution in [0.4, 0.5) is 5.69 Å². The Morgan fingerprint density at radius 3 is 2.44 bits per heavy atom. The van der Waals surface area contributed by atoms with Crippen LogP contribution in [0.25, 0.3) is 0 Å². The molecule has 2 aromatic rings. The number of benzene rings is 1. The molecule has 0 atom stereocenters. The van der Waals surface area contributed by atoms with Crippen molar-refractivity contribution in [2.45, 2.75) is 26.8 Å². The maximum absolute atomic E-state index is 12.8. The standard InChI is InChI=1S/C19H20ClN3O4/c1-10(2)21-18(25)16-12(9-8-11(3)22-16)17(24)23-14-7-5-6-13(20)15(14)19(26)27-4/h5-10H,1-4H3,(H,21,25)(H,23,24). The second-order valence-corrected chi connectivity index (χ2v) is 6.49. The van der Waals surface area contributed by atoms with Gasteiger partial charge in [-0.3, -0.25) is 9.59 Å². The van der Waals surface area contributed by atoms with Gasteiger partial charge in [-0.15, -0.1) is 0 Å². The number of nitrogens with one attached hydrogen (secondary N) is 2. The van der Waals surface area contributed by atoms with Gasteiger partial charge in [0.1, 0.15) is 11.3 Å². The van der Waals surface area contributed by atoms with E-state index >= 15 is 0 Å². The largest absolute Gasteiger partial charge is 0.465 e.